The van der Waals surface area contributed by atoms with E-state index in [0.29, 0.717) is 23.6 Å². The number of ether oxygens (including phenoxy) is 3. The number of nitrogens with one attached hydrogen (secondary N) is 1. The maximum Gasteiger partial charge on any atom is 0.410 e. The van der Waals surface area contributed by atoms with Crippen molar-refractivity contribution in [3.05, 3.63) is 71.8 Å². The molecule has 1 heterocycles. The summed E-state index contributed by atoms with van der Waals surface area (Å²) in [6.45, 7) is 3.64. The van der Waals surface area contributed by atoms with Gasteiger partial charge in [-0.25, -0.2) is 4.79 Å². The van der Waals surface area contributed by atoms with Crippen LogP contribution in [-0.2, 0) is 11.3 Å². The molecule has 2 aliphatic rings. The molecule has 1 aliphatic heterocycles. The first-order valence-corrected chi connectivity index (χ1v) is 15.1. The minimum absolute atomic E-state index is 0.104. The van der Waals surface area contributed by atoms with E-state index in [1.54, 1.807) is 18.2 Å². The molecule has 3 N–H and O–H groups in total. The fraction of sp³-hybridized carbons (Fsp3) is 0.412. The van der Waals surface area contributed by atoms with Crippen molar-refractivity contribution >= 4 is 23.4 Å². The fourth-order valence-corrected chi connectivity index (χ4v) is 5.82. The fourth-order valence-electron chi connectivity index (χ4n) is 5.82. The second-order valence-electron chi connectivity index (χ2n) is 11.4. The van der Waals surface area contributed by atoms with Crippen molar-refractivity contribution in [3.8, 4) is 22.6 Å². The summed E-state index contributed by atoms with van der Waals surface area (Å²) in [7, 11) is 3.47. The highest BCUT2D eigenvalue weighted by atomic mass is 16.7. The van der Waals surface area contributed by atoms with Crippen LogP contribution in [0.15, 0.2) is 60.7 Å². The van der Waals surface area contributed by atoms with E-state index in [1.165, 1.54) is 7.11 Å². The molecule has 0 saturated heterocycles. The van der Waals surface area contributed by atoms with Gasteiger partial charge in [0.15, 0.2) is 11.5 Å². The average Bonchev–Trinajstić information content (AvgIpc) is 3.51. The van der Waals surface area contributed by atoms with Crippen LogP contribution < -0.4 is 25.4 Å². The lowest BCUT2D eigenvalue weighted by Gasteiger charge is -2.35. The van der Waals surface area contributed by atoms with Crippen LogP contribution in [0, 0.1) is 0 Å². The standard InChI is InChI=1S/C34H42N4O5/c1-4-5-17-37(2)30-15-9-25(19-29(30)36-33(39)26-10-16-31-32(20-26)43-22-42-31)24-8-6-7-23(18-24)21-38(34(40)41-3)28-13-11-27(35)12-14-28/h6-10,15-16,18-20,27-28H,4-5,11-14,17,21-22,35H2,1-3H3,(H,36,39). The van der Waals surface area contributed by atoms with E-state index < -0.39 is 0 Å². The van der Waals surface area contributed by atoms with Gasteiger partial charge in [-0.1, -0.05) is 37.6 Å². The quantitative estimate of drug-likeness (QED) is 0.283. The predicted molar refractivity (Wildman–Crippen MR) is 169 cm³/mol. The van der Waals surface area contributed by atoms with Crippen molar-refractivity contribution in [1.82, 2.24) is 4.90 Å². The number of amides is 2. The van der Waals surface area contributed by atoms with Gasteiger partial charge in [0.25, 0.3) is 5.91 Å². The van der Waals surface area contributed by atoms with E-state index in [4.69, 9.17) is 19.9 Å². The highest BCUT2D eigenvalue weighted by molar-refractivity contribution is 6.06. The Kier molecular flexibility index (Phi) is 9.72. The van der Waals surface area contributed by atoms with E-state index in [1.807, 2.05) is 36.2 Å². The summed E-state index contributed by atoms with van der Waals surface area (Å²) < 4.78 is 16.0. The lowest BCUT2D eigenvalue weighted by Crippen LogP contribution is -2.43. The van der Waals surface area contributed by atoms with Gasteiger partial charge < -0.3 is 35.1 Å². The van der Waals surface area contributed by atoms with E-state index in [9.17, 15) is 9.59 Å². The van der Waals surface area contributed by atoms with Gasteiger partial charge in [-0.05, 0) is 85.2 Å². The van der Waals surface area contributed by atoms with Crippen LogP contribution >= 0.6 is 0 Å². The normalized spacial score (nSPS) is 17.3. The second kappa shape index (κ2) is 13.8. The van der Waals surface area contributed by atoms with Crippen molar-refractivity contribution in [2.75, 3.05) is 37.7 Å². The highest BCUT2D eigenvalue weighted by Gasteiger charge is 2.28. The van der Waals surface area contributed by atoms with Crippen LogP contribution in [0.25, 0.3) is 11.1 Å². The zero-order valence-corrected chi connectivity index (χ0v) is 25.3. The molecule has 43 heavy (non-hydrogen) atoms. The third-order valence-electron chi connectivity index (χ3n) is 8.34. The number of nitrogens with two attached hydrogens (primary N) is 1. The monoisotopic (exact) mass is 586 g/mol. The van der Waals surface area contributed by atoms with Gasteiger partial charge in [0, 0.05) is 37.8 Å². The Morgan fingerprint density at radius 3 is 2.51 bits per heavy atom. The Morgan fingerprint density at radius 2 is 1.74 bits per heavy atom. The molecule has 0 aromatic heterocycles. The summed E-state index contributed by atoms with van der Waals surface area (Å²) >= 11 is 0. The van der Waals surface area contributed by atoms with Gasteiger partial charge in [-0.15, -0.1) is 0 Å². The first-order chi connectivity index (χ1) is 20.9. The number of anilines is 2. The Morgan fingerprint density at radius 1 is 0.977 bits per heavy atom. The highest BCUT2D eigenvalue weighted by Crippen LogP contribution is 2.35. The summed E-state index contributed by atoms with van der Waals surface area (Å²) in [4.78, 5) is 30.2. The molecule has 0 spiro atoms. The van der Waals surface area contributed by atoms with Crippen molar-refractivity contribution < 1.29 is 23.8 Å². The van der Waals surface area contributed by atoms with Crippen LogP contribution in [-0.4, -0.2) is 56.5 Å². The van der Waals surface area contributed by atoms with Gasteiger partial charge >= 0.3 is 6.09 Å². The summed E-state index contributed by atoms with van der Waals surface area (Å²) in [6.07, 6.45) is 5.34. The topological polar surface area (TPSA) is 106 Å². The maximum atomic E-state index is 13.4. The Bertz CT molecular complexity index is 1440. The number of benzene rings is 3. The Balaban J connectivity index is 1.41. The number of hydrogen-bond acceptors (Lipinski definition) is 7. The number of hydrogen-bond donors (Lipinski definition) is 2. The van der Waals surface area contributed by atoms with Crippen LogP contribution in [0.1, 0.15) is 61.4 Å². The smallest absolute Gasteiger partial charge is 0.410 e. The molecule has 0 bridgehead atoms. The number of fused-ring (bicyclic) bond motifs is 1. The molecule has 1 saturated carbocycles. The molecule has 0 radical (unpaired) electrons. The Labute approximate surface area is 253 Å². The van der Waals surface area contributed by atoms with E-state index in [-0.39, 0.29) is 30.9 Å². The number of unbranched alkanes of at least 4 members (excludes halogenated alkanes) is 1. The van der Waals surface area contributed by atoms with Crippen molar-refractivity contribution in [1.29, 1.82) is 0 Å². The van der Waals surface area contributed by atoms with Gasteiger partial charge in [-0.2, -0.15) is 0 Å². The lowest BCUT2D eigenvalue weighted by molar-refractivity contribution is 0.0879. The molecule has 1 aliphatic carbocycles. The van der Waals surface area contributed by atoms with Gasteiger partial charge in [0.1, 0.15) is 0 Å². The molecule has 0 unspecified atom stereocenters. The van der Waals surface area contributed by atoms with E-state index in [0.717, 1.165) is 73.1 Å². The number of rotatable bonds is 10. The first-order valence-electron chi connectivity index (χ1n) is 15.1. The number of carbonyl (C=O) groups excluding carboxylic acids is 2. The lowest BCUT2D eigenvalue weighted by atomic mass is 9.90. The van der Waals surface area contributed by atoms with Crippen molar-refractivity contribution in [2.45, 2.75) is 64.1 Å². The van der Waals surface area contributed by atoms with Crippen LogP contribution in [0.5, 0.6) is 11.5 Å². The predicted octanol–water partition coefficient (Wildman–Crippen LogP) is 6.41. The molecule has 0 atom stereocenters. The van der Waals surface area contributed by atoms with Crippen LogP contribution in [0.3, 0.4) is 0 Å². The molecule has 2 amide bonds. The molecule has 9 heteroatoms. The largest absolute Gasteiger partial charge is 0.454 e. The molecule has 3 aromatic carbocycles. The molecule has 1 fully saturated rings. The molecule has 5 rings (SSSR count). The molecule has 3 aromatic rings. The molecular weight excluding hydrogens is 544 g/mol. The number of methoxy groups -OCH3 is 1. The van der Waals surface area contributed by atoms with Crippen molar-refractivity contribution in [2.24, 2.45) is 5.73 Å². The summed E-state index contributed by atoms with van der Waals surface area (Å²) in [6, 6.07) is 19.8. The first kappa shape index (κ1) is 30.2. The average molecular weight is 587 g/mol. The number of nitrogens with zero attached hydrogens (tertiary/aromatic N) is 2. The second-order valence-corrected chi connectivity index (χ2v) is 11.4. The molecule has 9 nitrogen and oxygen atoms in total. The van der Waals surface area contributed by atoms with Crippen molar-refractivity contribution in [3.63, 3.8) is 0 Å². The van der Waals surface area contributed by atoms with E-state index in [2.05, 4.69) is 35.3 Å². The molecular formula is C34H42N4O5. The summed E-state index contributed by atoms with van der Waals surface area (Å²) in [5.41, 5.74) is 11.2. The molecule has 228 valence electrons. The number of carbonyl (C=O) groups is 2. The van der Waals surface area contributed by atoms with Gasteiger partial charge in [0.2, 0.25) is 6.79 Å². The van der Waals surface area contributed by atoms with Crippen LogP contribution in [0.2, 0.25) is 0 Å². The Hall–Kier alpha value is -4.24. The third-order valence-corrected chi connectivity index (χ3v) is 8.34. The minimum Gasteiger partial charge on any atom is -0.454 e. The van der Waals surface area contributed by atoms with Gasteiger partial charge in [0.05, 0.1) is 18.5 Å². The summed E-state index contributed by atoms with van der Waals surface area (Å²) in [5.74, 6) is 0.974. The minimum atomic E-state index is -0.321. The van der Waals surface area contributed by atoms with E-state index >= 15 is 0 Å². The SMILES string of the molecule is CCCCN(C)c1ccc(-c2cccc(CN(C(=O)OC)C3CCC(N)CC3)c2)cc1NC(=O)c1ccc2c(c1)OCO2. The van der Waals surface area contributed by atoms with Crippen LogP contribution in [0.4, 0.5) is 16.2 Å². The maximum absolute atomic E-state index is 13.4. The van der Waals surface area contributed by atoms with Gasteiger partial charge in [-0.3, -0.25) is 4.79 Å². The zero-order valence-electron chi connectivity index (χ0n) is 25.3. The summed E-state index contributed by atoms with van der Waals surface area (Å²) in [5, 5.41) is 3.14. The zero-order chi connectivity index (χ0) is 30.3. The third kappa shape index (κ3) is 7.22.